The molecule has 4 heteroatoms. The van der Waals surface area contributed by atoms with E-state index in [1.54, 1.807) is 0 Å². The Labute approximate surface area is 130 Å². The van der Waals surface area contributed by atoms with E-state index in [1.165, 1.54) is 5.69 Å². The van der Waals surface area contributed by atoms with Gasteiger partial charge in [-0.25, -0.2) is 0 Å². The van der Waals surface area contributed by atoms with Gasteiger partial charge in [0.15, 0.2) is 0 Å². The maximum absolute atomic E-state index is 4.53. The zero-order valence-corrected chi connectivity index (χ0v) is 14.4. The van der Waals surface area contributed by atoms with Crippen LogP contribution in [0, 0.1) is 5.92 Å². The molecule has 1 N–H and O–H groups in total. The highest BCUT2D eigenvalue weighted by atomic mass is 15.2. The summed E-state index contributed by atoms with van der Waals surface area (Å²) in [4.78, 5) is 9.26. The summed E-state index contributed by atoms with van der Waals surface area (Å²) in [5.74, 6) is 0.675. The van der Waals surface area contributed by atoms with Crippen molar-refractivity contribution >= 4 is 5.69 Å². The van der Waals surface area contributed by atoms with Crippen molar-refractivity contribution in [3.05, 3.63) is 24.0 Å². The summed E-state index contributed by atoms with van der Waals surface area (Å²) in [6.45, 7) is 11.9. The van der Waals surface area contributed by atoms with Crippen molar-refractivity contribution in [2.24, 2.45) is 5.92 Å². The van der Waals surface area contributed by atoms with Crippen molar-refractivity contribution in [1.29, 1.82) is 0 Å². The Bertz CT molecular complexity index is 390. The van der Waals surface area contributed by atoms with Gasteiger partial charge in [0.1, 0.15) is 0 Å². The quantitative estimate of drug-likeness (QED) is 0.718. The number of aromatic nitrogens is 1. The Balaban J connectivity index is 2.63. The van der Waals surface area contributed by atoms with Crippen LogP contribution in [0.2, 0.25) is 0 Å². The lowest BCUT2D eigenvalue weighted by Gasteiger charge is -2.25. The lowest BCUT2D eigenvalue weighted by atomic mass is 10.2. The summed E-state index contributed by atoms with van der Waals surface area (Å²) in [5.41, 5.74) is 2.33. The molecule has 21 heavy (non-hydrogen) atoms. The molecule has 0 amide bonds. The van der Waals surface area contributed by atoms with Crippen molar-refractivity contribution in [2.75, 3.05) is 45.6 Å². The Hall–Kier alpha value is -1.13. The molecular weight excluding hydrogens is 260 g/mol. The van der Waals surface area contributed by atoms with Crippen LogP contribution >= 0.6 is 0 Å². The number of pyridine rings is 1. The molecule has 0 fully saturated rings. The van der Waals surface area contributed by atoms with Crippen molar-refractivity contribution in [3.63, 3.8) is 0 Å². The zero-order valence-electron chi connectivity index (χ0n) is 14.4. The number of nitrogens with one attached hydrogen (secondary N) is 1. The van der Waals surface area contributed by atoms with E-state index >= 15 is 0 Å². The molecule has 0 aliphatic carbocycles. The van der Waals surface area contributed by atoms with E-state index in [0.717, 1.165) is 44.8 Å². The number of rotatable bonds is 10. The summed E-state index contributed by atoms with van der Waals surface area (Å²) in [7, 11) is 4.25. The van der Waals surface area contributed by atoms with Crippen LogP contribution in [0.5, 0.6) is 0 Å². The van der Waals surface area contributed by atoms with Crippen LogP contribution in [-0.4, -0.2) is 55.1 Å². The largest absolute Gasteiger partial charge is 0.385 e. The second-order valence-corrected chi connectivity index (χ2v) is 6.39. The average molecular weight is 292 g/mol. The topological polar surface area (TPSA) is 31.4 Å². The van der Waals surface area contributed by atoms with Gasteiger partial charge in [0.05, 0.1) is 5.69 Å². The molecule has 1 heterocycles. The van der Waals surface area contributed by atoms with Crippen LogP contribution < -0.4 is 5.32 Å². The molecule has 0 aliphatic heterocycles. The Morgan fingerprint density at radius 1 is 1.24 bits per heavy atom. The number of nitrogens with zero attached hydrogens (tertiary/aromatic N) is 3. The number of likely N-dealkylation sites (N-methyl/N-ethyl adjacent to an activating group) is 1. The van der Waals surface area contributed by atoms with Gasteiger partial charge in [0.2, 0.25) is 0 Å². The molecule has 0 saturated heterocycles. The Kier molecular flexibility index (Phi) is 8.31. The first-order valence-corrected chi connectivity index (χ1v) is 8.07. The van der Waals surface area contributed by atoms with E-state index in [2.05, 4.69) is 61.0 Å². The summed E-state index contributed by atoms with van der Waals surface area (Å²) < 4.78 is 0. The van der Waals surface area contributed by atoms with E-state index in [9.17, 15) is 0 Å². The first kappa shape index (κ1) is 17.9. The lowest BCUT2D eigenvalue weighted by Crippen LogP contribution is -2.34. The lowest BCUT2D eigenvalue weighted by molar-refractivity contribution is 0.210. The third-order valence-electron chi connectivity index (χ3n) is 3.27. The van der Waals surface area contributed by atoms with Crippen molar-refractivity contribution in [2.45, 2.75) is 33.7 Å². The SMILES string of the molecule is CCCNc1ccnc(CN(CCN(C)C)CC(C)C)c1. The Morgan fingerprint density at radius 3 is 2.62 bits per heavy atom. The van der Waals surface area contributed by atoms with Gasteiger partial charge in [-0.2, -0.15) is 0 Å². The van der Waals surface area contributed by atoms with Crippen molar-refractivity contribution in [1.82, 2.24) is 14.8 Å². The van der Waals surface area contributed by atoms with Crippen molar-refractivity contribution in [3.8, 4) is 0 Å². The molecule has 0 spiro atoms. The predicted octanol–water partition coefficient (Wildman–Crippen LogP) is 2.92. The summed E-state index contributed by atoms with van der Waals surface area (Å²) in [6, 6.07) is 4.23. The fourth-order valence-corrected chi connectivity index (χ4v) is 2.27. The van der Waals surface area contributed by atoms with Crippen LogP contribution in [-0.2, 0) is 6.54 Å². The predicted molar refractivity (Wildman–Crippen MR) is 91.7 cm³/mol. The molecule has 1 aromatic heterocycles. The maximum atomic E-state index is 4.53. The average Bonchev–Trinajstić information content (AvgIpc) is 2.42. The molecule has 0 saturated carbocycles. The van der Waals surface area contributed by atoms with Gasteiger partial charge in [-0.3, -0.25) is 9.88 Å². The first-order valence-electron chi connectivity index (χ1n) is 8.07. The Morgan fingerprint density at radius 2 is 2.00 bits per heavy atom. The van der Waals surface area contributed by atoms with E-state index in [0.29, 0.717) is 5.92 Å². The maximum Gasteiger partial charge on any atom is 0.0564 e. The van der Waals surface area contributed by atoms with Crippen LogP contribution in [0.4, 0.5) is 5.69 Å². The molecular formula is C17H32N4. The molecule has 0 radical (unpaired) electrons. The third-order valence-corrected chi connectivity index (χ3v) is 3.27. The van der Waals surface area contributed by atoms with Crippen LogP contribution in [0.15, 0.2) is 18.3 Å². The second-order valence-electron chi connectivity index (χ2n) is 6.39. The van der Waals surface area contributed by atoms with E-state index in [4.69, 9.17) is 0 Å². The van der Waals surface area contributed by atoms with E-state index < -0.39 is 0 Å². The molecule has 0 atom stereocenters. The molecule has 1 rings (SSSR count). The monoisotopic (exact) mass is 292 g/mol. The molecule has 120 valence electrons. The minimum absolute atomic E-state index is 0.675. The minimum Gasteiger partial charge on any atom is -0.385 e. The molecule has 4 nitrogen and oxygen atoms in total. The highest BCUT2D eigenvalue weighted by molar-refractivity contribution is 5.43. The van der Waals surface area contributed by atoms with E-state index in [-0.39, 0.29) is 0 Å². The van der Waals surface area contributed by atoms with Gasteiger partial charge in [-0.15, -0.1) is 0 Å². The van der Waals surface area contributed by atoms with Crippen LogP contribution in [0.25, 0.3) is 0 Å². The van der Waals surface area contributed by atoms with Gasteiger partial charge in [-0.05, 0) is 38.6 Å². The molecule has 0 aliphatic rings. The van der Waals surface area contributed by atoms with Gasteiger partial charge in [-0.1, -0.05) is 20.8 Å². The number of hydrogen-bond donors (Lipinski definition) is 1. The first-order chi connectivity index (χ1) is 10.0. The van der Waals surface area contributed by atoms with Gasteiger partial charge in [0.25, 0.3) is 0 Å². The number of anilines is 1. The zero-order chi connectivity index (χ0) is 15.7. The summed E-state index contributed by atoms with van der Waals surface area (Å²) in [5, 5.41) is 3.43. The standard InChI is InChI=1S/C17H32N4/c1-6-8-18-16-7-9-19-17(12-16)14-21(13-15(2)3)11-10-20(4)5/h7,9,12,15H,6,8,10-11,13-14H2,1-5H3,(H,18,19). The molecule has 1 aromatic rings. The van der Waals surface area contributed by atoms with Crippen LogP contribution in [0.3, 0.4) is 0 Å². The van der Waals surface area contributed by atoms with Crippen molar-refractivity contribution < 1.29 is 0 Å². The summed E-state index contributed by atoms with van der Waals surface area (Å²) in [6.07, 6.45) is 3.05. The fourth-order valence-electron chi connectivity index (χ4n) is 2.27. The minimum atomic E-state index is 0.675. The van der Waals surface area contributed by atoms with Gasteiger partial charge in [0, 0.05) is 44.6 Å². The summed E-state index contributed by atoms with van der Waals surface area (Å²) >= 11 is 0. The van der Waals surface area contributed by atoms with E-state index in [1.807, 2.05) is 12.3 Å². The van der Waals surface area contributed by atoms with Crippen LogP contribution in [0.1, 0.15) is 32.9 Å². The number of hydrogen-bond acceptors (Lipinski definition) is 4. The highest BCUT2D eigenvalue weighted by Gasteiger charge is 2.10. The second kappa shape index (κ2) is 9.74. The molecule has 0 unspecified atom stereocenters. The third kappa shape index (κ3) is 8.02. The van der Waals surface area contributed by atoms with Gasteiger partial charge >= 0.3 is 0 Å². The highest BCUT2D eigenvalue weighted by Crippen LogP contribution is 2.11. The fraction of sp³-hybridized carbons (Fsp3) is 0.706. The molecule has 0 bridgehead atoms. The smallest absolute Gasteiger partial charge is 0.0564 e. The molecule has 0 aromatic carbocycles. The van der Waals surface area contributed by atoms with Gasteiger partial charge < -0.3 is 10.2 Å². The normalized spacial score (nSPS) is 11.6.